The number of hydrogen-bond donors (Lipinski definition) is 2. The SMILES string of the molecule is CCCNc1ccc(CCC)c(N)c1C. The molecule has 2 nitrogen and oxygen atoms in total. The summed E-state index contributed by atoms with van der Waals surface area (Å²) >= 11 is 0. The van der Waals surface area contributed by atoms with Crippen LogP contribution >= 0.6 is 0 Å². The molecule has 0 aliphatic carbocycles. The molecule has 3 N–H and O–H groups in total. The van der Waals surface area contributed by atoms with Gasteiger partial charge in [-0.1, -0.05) is 26.3 Å². The van der Waals surface area contributed by atoms with E-state index in [-0.39, 0.29) is 0 Å². The first-order valence-corrected chi connectivity index (χ1v) is 5.82. The summed E-state index contributed by atoms with van der Waals surface area (Å²) in [6, 6.07) is 4.29. The van der Waals surface area contributed by atoms with Crippen LogP contribution in [0.3, 0.4) is 0 Å². The summed E-state index contributed by atoms with van der Waals surface area (Å²) < 4.78 is 0. The second-order valence-electron chi connectivity index (χ2n) is 3.99. The lowest BCUT2D eigenvalue weighted by Crippen LogP contribution is -2.05. The number of nitrogens with two attached hydrogens (primary N) is 1. The van der Waals surface area contributed by atoms with Gasteiger partial charge in [0.1, 0.15) is 0 Å². The topological polar surface area (TPSA) is 38.0 Å². The van der Waals surface area contributed by atoms with E-state index in [0.717, 1.165) is 31.5 Å². The van der Waals surface area contributed by atoms with Crippen molar-refractivity contribution in [3.8, 4) is 0 Å². The molecule has 0 atom stereocenters. The molecular formula is C13H22N2. The molecule has 0 saturated carbocycles. The van der Waals surface area contributed by atoms with E-state index in [1.165, 1.54) is 16.8 Å². The highest BCUT2D eigenvalue weighted by atomic mass is 14.9. The van der Waals surface area contributed by atoms with Crippen LogP contribution in [0.5, 0.6) is 0 Å². The van der Waals surface area contributed by atoms with E-state index in [1.807, 2.05) is 0 Å². The number of rotatable bonds is 5. The maximum atomic E-state index is 6.10. The van der Waals surface area contributed by atoms with Gasteiger partial charge >= 0.3 is 0 Å². The molecule has 0 saturated heterocycles. The highest BCUT2D eigenvalue weighted by Crippen LogP contribution is 2.25. The lowest BCUT2D eigenvalue weighted by Gasteiger charge is -2.14. The molecule has 0 amide bonds. The summed E-state index contributed by atoms with van der Waals surface area (Å²) in [5, 5.41) is 3.39. The van der Waals surface area contributed by atoms with Crippen LogP contribution in [-0.2, 0) is 6.42 Å². The zero-order valence-electron chi connectivity index (χ0n) is 10.1. The molecule has 15 heavy (non-hydrogen) atoms. The van der Waals surface area contributed by atoms with Crippen molar-refractivity contribution in [3.63, 3.8) is 0 Å². The molecule has 0 heterocycles. The second-order valence-corrected chi connectivity index (χ2v) is 3.99. The van der Waals surface area contributed by atoms with E-state index in [9.17, 15) is 0 Å². The fourth-order valence-electron chi connectivity index (χ4n) is 1.72. The lowest BCUT2D eigenvalue weighted by molar-refractivity contribution is 0.922. The highest BCUT2D eigenvalue weighted by Gasteiger charge is 2.05. The molecule has 0 unspecified atom stereocenters. The molecule has 0 fully saturated rings. The molecular weight excluding hydrogens is 184 g/mol. The Morgan fingerprint density at radius 2 is 1.93 bits per heavy atom. The van der Waals surface area contributed by atoms with Crippen LogP contribution < -0.4 is 11.1 Å². The van der Waals surface area contributed by atoms with Crippen LogP contribution in [0.2, 0.25) is 0 Å². The van der Waals surface area contributed by atoms with Gasteiger partial charge in [-0.25, -0.2) is 0 Å². The third-order valence-electron chi connectivity index (χ3n) is 2.69. The van der Waals surface area contributed by atoms with E-state index in [4.69, 9.17) is 5.73 Å². The fourth-order valence-corrected chi connectivity index (χ4v) is 1.72. The maximum Gasteiger partial charge on any atom is 0.0397 e. The molecule has 0 bridgehead atoms. The Bertz CT molecular complexity index is 319. The van der Waals surface area contributed by atoms with Crippen LogP contribution in [-0.4, -0.2) is 6.54 Å². The number of nitrogens with one attached hydrogen (secondary N) is 1. The number of aryl methyl sites for hydroxylation is 1. The second kappa shape index (κ2) is 5.64. The van der Waals surface area contributed by atoms with E-state index >= 15 is 0 Å². The van der Waals surface area contributed by atoms with Gasteiger partial charge in [0.05, 0.1) is 0 Å². The van der Waals surface area contributed by atoms with Crippen molar-refractivity contribution in [1.82, 2.24) is 0 Å². The minimum Gasteiger partial charge on any atom is -0.398 e. The summed E-state index contributed by atoms with van der Waals surface area (Å²) in [5.41, 5.74) is 10.7. The van der Waals surface area contributed by atoms with Crippen LogP contribution in [0, 0.1) is 6.92 Å². The largest absolute Gasteiger partial charge is 0.398 e. The van der Waals surface area contributed by atoms with E-state index in [2.05, 4.69) is 38.2 Å². The third-order valence-corrected chi connectivity index (χ3v) is 2.69. The van der Waals surface area contributed by atoms with Crippen molar-refractivity contribution < 1.29 is 0 Å². The zero-order chi connectivity index (χ0) is 11.3. The van der Waals surface area contributed by atoms with Crippen LogP contribution in [0.25, 0.3) is 0 Å². The normalized spacial score (nSPS) is 10.3. The standard InChI is InChI=1S/C13H22N2/c1-4-6-11-7-8-12(15-9-5-2)10(3)13(11)14/h7-8,15H,4-6,9,14H2,1-3H3. The summed E-state index contributed by atoms with van der Waals surface area (Å²) in [4.78, 5) is 0. The van der Waals surface area contributed by atoms with Crippen molar-refractivity contribution in [2.45, 2.75) is 40.0 Å². The Morgan fingerprint density at radius 3 is 2.53 bits per heavy atom. The van der Waals surface area contributed by atoms with E-state index < -0.39 is 0 Å². The smallest absolute Gasteiger partial charge is 0.0397 e. The van der Waals surface area contributed by atoms with Gasteiger partial charge < -0.3 is 11.1 Å². The van der Waals surface area contributed by atoms with E-state index in [0.29, 0.717) is 0 Å². The number of anilines is 2. The molecule has 0 spiro atoms. The van der Waals surface area contributed by atoms with Gasteiger partial charge in [-0.3, -0.25) is 0 Å². The summed E-state index contributed by atoms with van der Waals surface area (Å²) in [7, 11) is 0. The maximum absolute atomic E-state index is 6.10. The molecule has 1 rings (SSSR count). The Hall–Kier alpha value is -1.18. The Balaban J connectivity index is 2.88. The Kier molecular flexibility index (Phi) is 4.47. The molecule has 0 aliphatic rings. The molecule has 0 aromatic heterocycles. The minimum atomic E-state index is 0.956. The van der Waals surface area contributed by atoms with Gasteiger partial charge in [-0.05, 0) is 37.0 Å². The first-order chi connectivity index (χ1) is 7.20. The van der Waals surface area contributed by atoms with Crippen molar-refractivity contribution >= 4 is 11.4 Å². The van der Waals surface area contributed by atoms with Crippen LogP contribution in [0.15, 0.2) is 12.1 Å². The van der Waals surface area contributed by atoms with Gasteiger partial charge in [0.25, 0.3) is 0 Å². The molecule has 1 aromatic rings. The van der Waals surface area contributed by atoms with Crippen molar-refractivity contribution in [2.24, 2.45) is 0 Å². The van der Waals surface area contributed by atoms with Gasteiger partial charge in [0, 0.05) is 17.9 Å². The quantitative estimate of drug-likeness (QED) is 0.725. The molecule has 1 aromatic carbocycles. The van der Waals surface area contributed by atoms with Gasteiger partial charge in [-0.15, -0.1) is 0 Å². The molecule has 84 valence electrons. The number of nitrogen functional groups attached to an aromatic ring is 1. The average molecular weight is 206 g/mol. The van der Waals surface area contributed by atoms with Gasteiger partial charge in [0.15, 0.2) is 0 Å². The summed E-state index contributed by atoms with van der Waals surface area (Å²) in [6.07, 6.45) is 3.35. The van der Waals surface area contributed by atoms with Crippen molar-refractivity contribution in [1.29, 1.82) is 0 Å². The predicted octanol–water partition coefficient (Wildman–Crippen LogP) is 3.35. The van der Waals surface area contributed by atoms with E-state index in [1.54, 1.807) is 0 Å². The predicted molar refractivity (Wildman–Crippen MR) is 68.4 cm³/mol. The average Bonchev–Trinajstić information content (AvgIpc) is 2.24. The third kappa shape index (κ3) is 2.88. The molecule has 0 aliphatic heterocycles. The first-order valence-electron chi connectivity index (χ1n) is 5.82. The molecule has 2 heteroatoms. The zero-order valence-corrected chi connectivity index (χ0v) is 10.1. The molecule has 0 radical (unpaired) electrons. The fraction of sp³-hybridized carbons (Fsp3) is 0.538. The van der Waals surface area contributed by atoms with Crippen LogP contribution in [0.4, 0.5) is 11.4 Å². The van der Waals surface area contributed by atoms with Crippen molar-refractivity contribution in [3.05, 3.63) is 23.3 Å². The Labute approximate surface area is 92.9 Å². The summed E-state index contributed by atoms with van der Waals surface area (Å²) in [6.45, 7) is 7.44. The minimum absolute atomic E-state index is 0.956. The highest BCUT2D eigenvalue weighted by molar-refractivity contribution is 5.66. The van der Waals surface area contributed by atoms with Crippen LogP contribution in [0.1, 0.15) is 37.8 Å². The number of benzene rings is 1. The van der Waals surface area contributed by atoms with Gasteiger partial charge in [0.2, 0.25) is 0 Å². The van der Waals surface area contributed by atoms with Crippen molar-refractivity contribution in [2.75, 3.05) is 17.6 Å². The Morgan fingerprint density at radius 1 is 1.20 bits per heavy atom. The monoisotopic (exact) mass is 206 g/mol. The number of hydrogen-bond acceptors (Lipinski definition) is 2. The lowest BCUT2D eigenvalue weighted by atomic mass is 10.0. The first kappa shape index (κ1) is 11.9. The summed E-state index contributed by atoms with van der Waals surface area (Å²) in [5.74, 6) is 0. The van der Waals surface area contributed by atoms with Gasteiger partial charge in [-0.2, -0.15) is 0 Å².